The van der Waals surface area contributed by atoms with E-state index in [9.17, 15) is 0 Å². The second kappa shape index (κ2) is 5.95. The first-order chi connectivity index (χ1) is 8.78. The highest BCUT2D eigenvalue weighted by Gasteiger charge is 2.00. The third-order valence-electron chi connectivity index (χ3n) is 2.41. The van der Waals surface area contributed by atoms with Gasteiger partial charge >= 0.3 is 0 Å². The number of nitrogens with one attached hydrogen (secondary N) is 1. The molecule has 2 rings (SSSR count). The molecule has 0 saturated heterocycles. The molecule has 2 aromatic rings. The fourth-order valence-corrected chi connectivity index (χ4v) is 1.61. The van der Waals surface area contributed by atoms with Crippen LogP contribution in [0.4, 0.5) is 5.82 Å². The molecule has 5 nitrogen and oxygen atoms in total. The third kappa shape index (κ3) is 3.41. The topological polar surface area (TPSA) is 73.2 Å². The van der Waals surface area contributed by atoms with E-state index in [-0.39, 0.29) is 0 Å². The molecule has 0 aliphatic carbocycles. The van der Waals surface area contributed by atoms with Crippen LogP contribution in [0.5, 0.6) is 11.5 Å². The van der Waals surface area contributed by atoms with Crippen LogP contribution in [0.2, 0.25) is 0 Å². The first-order valence-corrected chi connectivity index (χ1v) is 5.93. The number of H-pyrrole nitrogens is 1. The van der Waals surface area contributed by atoms with Crippen LogP contribution in [0.3, 0.4) is 0 Å². The Labute approximate surface area is 106 Å². The van der Waals surface area contributed by atoms with Crippen molar-refractivity contribution in [2.75, 3.05) is 18.9 Å². The van der Waals surface area contributed by atoms with Gasteiger partial charge in [0.1, 0.15) is 17.3 Å². The number of hydrogen-bond acceptors (Lipinski definition) is 4. The number of benzene rings is 1. The third-order valence-corrected chi connectivity index (χ3v) is 2.41. The van der Waals surface area contributed by atoms with Crippen molar-refractivity contribution in [2.24, 2.45) is 0 Å². The molecule has 0 unspecified atom stereocenters. The maximum Gasteiger partial charge on any atom is 0.145 e. The Morgan fingerprint density at radius 2 is 2.00 bits per heavy atom. The average Bonchev–Trinajstić information content (AvgIpc) is 2.76. The quantitative estimate of drug-likeness (QED) is 0.819. The minimum atomic E-state index is 0.503. The number of ether oxygens (including phenoxy) is 2. The van der Waals surface area contributed by atoms with Crippen molar-refractivity contribution in [3.63, 3.8) is 0 Å². The summed E-state index contributed by atoms with van der Waals surface area (Å²) < 4.78 is 11.0. The molecule has 0 spiro atoms. The number of nitrogens with two attached hydrogens (primary N) is 1. The summed E-state index contributed by atoms with van der Waals surface area (Å²) >= 11 is 0. The lowest BCUT2D eigenvalue weighted by molar-refractivity contribution is 0.311. The van der Waals surface area contributed by atoms with Crippen molar-refractivity contribution < 1.29 is 9.47 Å². The number of anilines is 1. The van der Waals surface area contributed by atoms with Crippen molar-refractivity contribution >= 4 is 5.82 Å². The van der Waals surface area contributed by atoms with Gasteiger partial charge in [-0.1, -0.05) is 6.07 Å². The van der Waals surface area contributed by atoms with E-state index in [1.807, 2.05) is 31.2 Å². The van der Waals surface area contributed by atoms with Crippen LogP contribution in [0.25, 0.3) is 0 Å². The Kier molecular flexibility index (Phi) is 4.06. The SMILES string of the molecule is CCOc1cccc(OCCc2cc(N)n[nH]2)c1. The summed E-state index contributed by atoms with van der Waals surface area (Å²) in [6, 6.07) is 9.41. The molecule has 5 heteroatoms. The molecular formula is C13H17N3O2. The van der Waals surface area contributed by atoms with Gasteiger partial charge in [0.2, 0.25) is 0 Å². The van der Waals surface area contributed by atoms with Crippen molar-refractivity contribution in [2.45, 2.75) is 13.3 Å². The largest absolute Gasteiger partial charge is 0.494 e. The number of hydrogen-bond donors (Lipinski definition) is 2. The van der Waals surface area contributed by atoms with E-state index in [1.54, 1.807) is 6.07 Å². The smallest absolute Gasteiger partial charge is 0.145 e. The average molecular weight is 247 g/mol. The van der Waals surface area contributed by atoms with Crippen molar-refractivity contribution in [1.82, 2.24) is 10.2 Å². The minimum absolute atomic E-state index is 0.503. The number of nitrogens with zero attached hydrogens (tertiary/aromatic N) is 1. The Bertz CT molecular complexity index is 496. The normalized spacial score (nSPS) is 10.3. The monoisotopic (exact) mass is 247 g/mol. The van der Waals surface area contributed by atoms with Crippen LogP contribution in [0, 0.1) is 0 Å². The van der Waals surface area contributed by atoms with Crippen LogP contribution < -0.4 is 15.2 Å². The van der Waals surface area contributed by atoms with Crippen LogP contribution in [0.1, 0.15) is 12.6 Å². The number of rotatable bonds is 6. The first kappa shape index (κ1) is 12.3. The highest BCUT2D eigenvalue weighted by Crippen LogP contribution is 2.19. The van der Waals surface area contributed by atoms with Gasteiger partial charge in [-0.3, -0.25) is 5.10 Å². The molecule has 18 heavy (non-hydrogen) atoms. The highest BCUT2D eigenvalue weighted by molar-refractivity contribution is 5.33. The molecule has 1 heterocycles. The lowest BCUT2D eigenvalue weighted by atomic mass is 10.3. The lowest BCUT2D eigenvalue weighted by Gasteiger charge is -2.07. The summed E-state index contributed by atoms with van der Waals surface area (Å²) in [7, 11) is 0. The van der Waals surface area contributed by atoms with Crippen LogP contribution in [0.15, 0.2) is 30.3 Å². The first-order valence-electron chi connectivity index (χ1n) is 5.93. The molecule has 0 radical (unpaired) electrons. The van der Waals surface area contributed by atoms with Gasteiger partial charge in [0.25, 0.3) is 0 Å². The summed E-state index contributed by atoms with van der Waals surface area (Å²) in [6.07, 6.45) is 0.739. The second-order valence-corrected chi connectivity index (χ2v) is 3.82. The van der Waals surface area contributed by atoms with E-state index in [0.29, 0.717) is 19.0 Å². The Morgan fingerprint density at radius 1 is 1.22 bits per heavy atom. The Hall–Kier alpha value is -2.17. The molecule has 1 aromatic heterocycles. The zero-order valence-electron chi connectivity index (χ0n) is 10.3. The molecule has 0 fully saturated rings. The van der Waals surface area contributed by atoms with Crippen molar-refractivity contribution in [1.29, 1.82) is 0 Å². The Morgan fingerprint density at radius 3 is 2.67 bits per heavy atom. The predicted octanol–water partition coefficient (Wildman–Crippen LogP) is 2.01. The second-order valence-electron chi connectivity index (χ2n) is 3.82. The van der Waals surface area contributed by atoms with E-state index in [2.05, 4.69) is 10.2 Å². The minimum Gasteiger partial charge on any atom is -0.494 e. The number of aromatic amines is 1. The predicted molar refractivity (Wildman–Crippen MR) is 69.8 cm³/mol. The fourth-order valence-electron chi connectivity index (χ4n) is 1.61. The van der Waals surface area contributed by atoms with E-state index in [1.165, 1.54) is 0 Å². The van der Waals surface area contributed by atoms with Gasteiger partial charge in [0, 0.05) is 24.2 Å². The summed E-state index contributed by atoms with van der Waals surface area (Å²) in [5, 5.41) is 6.70. The number of aromatic nitrogens is 2. The zero-order valence-corrected chi connectivity index (χ0v) is 10.3. The molecule has 96 valence electrons. The molecule has 3 N–H and O–H groups in total. The molecule has 0 aliphatic rings. The Balaban J connectivity index is 1.84. The molecular weight excluding hydrogens is 230 g/mol. The van der Waals surface area contributed by atoms with Crippen LogP contribution >= 0.6 is 0 Å². The maximum absolute atomic E-state index is 5.64. The summed E-state index contributed by atoms with van der Waals surface area (Å²) in [4.78, 5) is 0. The summed E-state index contributed by atoms with van der Waals surface area (Å²) in [5.41, 5.74) is 6.48. The molecule has 0 bridgehead atoms. The van der Waals surface area contributed by atoms with Gasteiger partial charge in [-0.05, 0) is 19.1 Å². The van der Waals surface area contributed by atoms with Crippen LogP contribution in [-0.2, 0) is 6.42 Å². The summed E-state index contributed by atoms with van der Waals surface area (Å²) in [5.74, 6) is 2.12. The van der Waals surface area contributed by atoms with Gasteiger partial charge in [0.05, 0.1) is 13.2 Å². The van der Waals surface area contributed by atoms with Gasteiger partial charge in [-0.15, -0.1) is 0 Å². The van der Waals surface area contributed by atoms with Crippen LogP contribution in [-0.4, -0.2) is 23.4 Å². The van der Waals surface area contributed by atoms with Gasteiger partial charge < -0.3 is 15.2 Å². The van der Waals surface area contributed by atoms with Crippen molar-refractivity contribution in [3.8, 4) is 11.5 Å². The molecule has 1 aromatic carbocycles. The van der Waals surface area contributed by atoms with E-state index >= 15 is 0 Å². The van der Waals surface area contributed by atoms with Crippen molar-refractivity contribution in [3.05, 3.63) is 36.0 Å². The number of nitrogen functional groups attached to an aromatic ring is 1. The maximum atomic E-state index is 5.64. The van der Waals surface area contributed by atoms with Gasteiger partial charge in [-0.2, -0.15) is 5.10 Å². The molecule has 0 atom stereocenters. The van der Waals surface area contributed by atoms with Gasteiger partial charge in [-0.25, -0.2) is 0 Å². The fraction of sp³-hybridized carbons (Fsp3) is 0.308. The molecule has 0 aliphatic heterocycles. The molecule has 0 saturated carbocycles. The summed E-state index contributed by atoms with van der Waals surface area (Å²) in [6.45, 7) is 3.17. The van der Waals surface area contributed by atoms with Gasteiger partial charge in [0.15, 0.2) is 0 Å². The molecule has 0 amide bonds. The lowest BCUT2D eigenvalue weighted by Crippen LogP contribution is -2.02. The van der Waals surface area contributed by atoms with E-state index < -0.39 is 0 Å². The standard InChI is InChI=1S/C13H17N3O2/c1-2-17-11-4-3-5-12(9-11)18-7-6-10-8-13(14)16-15-10/h3-5,8-9H,2,6-7H2,1H3,(H3,14,15,16). The van der Waals surface area contributed by atoms with E-state index in [4.69, 9.17) is 15.2 Å². The zero-order chi connectivity index (χ0) is 12.8. The van der Waals surface area contributed by atoms with E-state index in [0.717, 1.165) is 23.6 Å². The highest BCUT2D eigenvalue weighted by atomic mass is 16.5.